The number of piperazine rings is 1. The Hall–Kier alpha value is -1.79. The number of nitrogens with zero attached hydrogens (tertiary/aromatic N) is 5. The van der Waals surface area contributed by atoms with Gasteiger partial charge in [-0.3, -0.25) is 9.69 Å². The lowest BCUT2D eigenvalue weighted by atomic mass is 10.2. The Morgan fingerprint density at radius 2 is 2.00 bits per heavy atom. The van der Waals surface area contributed by atoms with Crippen LogP contribution in [-0.4, -0.2) is 81.8 Å². The van der Waals surface area contributed by atoms with E-state index in [0.29, 0.717) is 53.9 Å². The van der Waals surface area contributed by atoms with Gasteiger partial charge in [0, 0.05) is 38.6 Å². The number of hydrogen-bond donors (Lipinski definition) is 3. The van der Waals surface area contributed by atoms with Crippen molar-refractivity contribution < 1.29 is 9.84 Å². The molecule has 10 nitrogen and oxygen atoms in total. The number of aromatic amines is 1. The number of aliphatic hydroxyl groups is 1. The molecule has 0 saturated carbocycles. The Morgan fingerprint density at radius 1 is 1.30 bits per heavy atom. The maximum atomic E-state index is 11.5. The maximum absolute atomic E-state index is 11.5. The summed E-state index contributed by atoms with van der Waals surface area (Å²) in [6, 6.07) is -0.0232. The van der Waals surface area contributed by atoms with E-state index in [9.17, 15) is 9.90 Å². The van der Waals surface area contributed by atoms with Gasteiger partial charge >= 0.3 is 0 Å². The molecule has 164 valence electrons. The number of aliphatic hydroxyl groups excluding tert-OH is 1. The molecule has 0 aliphatic carbocycles. The van der Waals surface area contributed by atoms with Gasteiger partial charge in [-0.25, -0.2) is 15.1 Å². The van der Waals surface area contributed by atoms with Crippen LogP contribution < -0.4 is 15.8 Å². The van der Waals surface area contributed by atoms with E-state index in [1.165, 1.54) is 0 Å². The maximum Gasteiger partial charge on any atom is 0.280 e. The quantitative estimate of drug-likeness (QED) is 0.436. The van der Waals surface area contributed by atoms with Gasteiger partial charge in [-0.15, -0.1) is 0 Å². The second-order valence-corrected chi connectivity index (χ2v) is 8.27. The third kappa shape index (κ3) is 6.35. The summed E-state index contributed by atoms with van der Waals surface area (Å²) in [5, 5.41) is 20.3. The highest BCUT2D eigenvalue weighted by Gasteiger charge is 2.23. The Balaban J connectivity index is 1.34. The Labute approximate surface area is 187 Å². The van der Waals surface area contributed by atoms with Crippen molar-refractivity contribution in [1.29, 1.82) is 0 Å². The fourth-order valence-electron chi connectivity index (χ4n) is 3.11. The van der Waals surface area contributed by atoms with E-state index in [1.54, 1.807) is 18.6 Å². The minimum absolute atomic E-state index is 0.0232. The lowest BCUT2D eigenvalue weighted by molar-refractivity contribution is -0.0254. The zero-order valence-corrected chi connectivity index (χ0v) is 18.9. The number of hydrogen-bond acceptors (Lipinski definition) is 9. The van der Waals surface area contributed by atoms with E-state index in [1.807, 2.05) is 11.8 Å². The molecule has 1 saturated heterocycles. The minimum atomic E-state index is -0.562. The molecule has 1 aliphatic rings. The highest BCUT2D eigenvalue weighted by atomic mass is 79.9. The first kappa shape index (κ1) is 22.9. The summed E-state index contributed by atoms with van der Waals surface area (Å²) in [5.41, 5.74) is 0.316. The molecule has 3 rings (SSSR count). The van der Waals surface area contributed by atoms with Crippen LogP contribution in [0.15, 0.2) is 27.9 Å². The molecule has 1 fully saturated rings. The van der Waals surface area contributed by atoms with Gasteiger partial charge in [0.2, 0.25) is 5.95 Å². The van der Waals surface area contributed by atoms with E-state index >= 15 is 0 Å². The van der Waals surface area contributed by atoms with Gasteiger partial charge < -0.3 is 20.1 Å². The van der Waals surface area contributed by atoms with Crippen LogP contribution in [0.2, 0.25) is 5.02 Å². The minimum Gasteiger partial charge on any atom is -0.379 e. The molecule has 0 radical (unpaired) electrons. The van der Waals surface area contributed by atoms with Crippen molar-refractivity contribution >= 4 is 39.2 Å². The molecule has 0 aromatic carbocycles. The van der Waals surface area contributed by atoms with Crippen molar-refractivity contribution in [2.75, 3.05) is 49.6 Å². The van der Waals surface area contributed by atoms with Gasteiger partial charge in [-0.2, -0.15) is 5.10 Å². The largest absolute Gasteiger partial charge is 0.379 e. The second-order valence-electron chi connectivity index (χ2n) is 7.04. The first-order chi connectivity index (χ1) is 14.4. The first-order valence-corrected chi connectivity index (χ1v) is 10.8. The molecule has 0 amide bonds. The Bertz CT molecular complexity index is 862. The van der Waals surface area contributed by atoms with Gasteiger partial charge in [0.25, 0.3) is 5.56 Å². The predicted molar refractivity (Wildman–Crippen MR) is 118 cm³/mol. The number of ether oxygens (including phenoxy) is 1. The number of H-pyrrole nitrogens is 1. The van der Waals surface area contributed by atoms with Crippen LogP contribution in [0.3, 0.4) is 0 Å². The standard InChI is InChI=1S/C18H25BrClN7O3/c1-12(24-14-10-23-25-17(29)16(14)19)11-30-7-2-15(28)26-3-5-27(6-4-26)18-21-8-13(20)9-22-18/h8-10,12,15,28H,2-7,11H2,1H3,(H2,24,25,29)/t12-,15?/m0/s1. The van der Waals surface area contributed by atoms with Gasteiger partial charge in [0.05, 0.1) is 42.5 Å². The summed E-state index contributed by atoms with van der Waals surface area (Å²) >= 11 is 9.06. The number of nitrogens with one attached hydrogen (secondary N) is 2. The monoisotopic (exact) mass is 501 g/mol. The molecular formula is C18H25BrClN7O3. The van der Waals surface area contributed by atoms with E-state index < -0.39 is 6.23 Å². The van der Waals surface area contributed by atoms with E-state index in [-0.39, 0.29) is 11.6 Å². The first-order valence-electron chi connectivity index (χ1n) is 9.66. The van der Waals surface area contributed by atoms with Crippen LogP contribution in [0, 0.1) is 0 Å². The van der Waals surface area contributed by atoms with Crippen LogP contribution in [0.1, 0.15) is 13.3 Å². The summed E-state index contributed by atoms with van der Waals surface area (Å²) in [6.45, 7) is 5.72. The molecular weight excluding hydrogens is 478 g/mol. The Kier molecular flexibility index (Phi) is 8.40. The van der Waals surface area contributed by atoms with E-state index in [4.69, 9.17) is 16.3 Å². The van der Waals surface area contributed by atoms with Gasteiger partial charge in [0.15, 0.2) is 0 Å². The molecule has 3 heterocycles. The van der Waals surface area contributed by atoms with Crippen molar-refractivity contribution in [3.8, 4) is 0 Å². The zero-order chi connectivity index (χ0) is 21.5. The molecule has 30 heavy (non-hydrogen) atoms. The summed E-state index contributed by atoms with van der Waals surface area (Å²) in [7, 11) is 0. The van der Waals surface area contributed by atoms with E-state index in [0.717, 1.165) is 13.1 Å². The Morgan fingerprint density at radius 3 is 2.70 bits per heavy atom. The van der Waals surface area contributed by atoms with E-state index in [2.05, 4.69) is 46.3 Å². The molecule has 2 atom stereocenters. The highest BCUT2D eigenvalue weighted by Crippen LogP contribution is 2.17. The number of anilines is 2. The van der Waals surface area contributed by atoms with Crippen LogP contribution >= 0.6 is 27.5 Å². The smallest absolute Gasteiger partial charge is 0.280 e. The van der Waals surface area contributed by atoms with Crippen LogP contribution in [0.25, 0.3) is 0 Å². The molecule has 0 bridgehead atoms. The third-order valence-corrected chi connectivity index (χ3v) is 5.69. The van der Waals surface area contributed by atoms with Gasteiger partial charge in [0.1, 0.15) is 10.7 Å². The highest BCUT2D eigenvalue weighted by molar-refractivity contribution is 9.10. The van der Waals surface area contributed by atoms with Crippen molar-refractivity contribution in [2.24, 2.45) is 0 Å². The molecule has 0 spiro atoms. The molecule has 2 aromatic rings. The summed E-state index contributed by atoms with van der Waals surface area (Å²) in [5.74, 6) is 0.653. The average Bonchev–Trinajstić information content (AvgIpc) is 2.75. The van der Waals surface area contributed by atoms with Gasteiger partial charge in [-0.1, -0.05) is 11.6 Å². The average molecular weight is 503 g/mol. The molecule has 3 N–H and O–H groups in total. The predicted octanol–water partition coefficient (Wildman–Crippen LogP) is 1.32. The lowest BCUT2D eigenvalue weighted by Gasteiger charge is -2.37. The molecule has 12 heteroatoms. The summed E-state index contributed by atoms with van der Waals surface area (Å²) in [4.78, 5) is 24.1. The van der Waals surface area contributed by atoms with Gasteiger partial charge in [-0.05, 0) is 22.9 Å². The number of aromatic nitrogens is 4. The summed E-state index contributed by atoms with van der Waals surface area (Å²) in [6.07, 6.45) is 4.67. The SMILES string of the molecule is C[C@@H](COCCC(O)N1CCN(c2ncc(Cl)cn2)CC1)Nc1cn[nH]c(=O)c1Br. The third-order valence-electron chi connectivity index (χ3n) is 4.71. The fraction of sp³-hybridized carbons (Fsp3) is 0.556. The second kappa shape index (κ2) is 11.0. The van der Waals surface area contributed by atoms with Crippen LogP contribution in [0.4, 0.5) is 11.6 Å². The van der Waals surface area contributed by atoms with Crippen molar-refractivity contribution in [2.45, 2.75) is 25.6 Å². The molecule has 1 unspecified atom stereocenters. The number of halogens is 2. The van der Waals surface area contributed by atoms with Crippen molar-refractivity contribution in [3.63, 3.8) is 0 Å². The molecule has 1 aliphatic heterocycles. The zero-order valence-electron chi connectivity index (χ0n) is 16.6. The normalized spacial score (nSPS) is 17.0. The topological polar surface area (TPSA) is 120 Å². The van der Waals surface area contributed by atoms with Crippen molar-refractivity contribution in [3.05, 3.63) is 38.4 Å². The lowest BCUT2D eigenvalue weighted by Crippen LogP contribution is -2.51. The number of rotatable bonds is 9. The van der Waals surface area contributed by atoms with Crippen molar-refractivity contribution in [1.82, 2.24) is 25.1 Å². The van der Waals surface area contributed by atoms with Crippen LogP contribution in [0.5, 0.6) is 0 Å². The summed E-state index contributed by atoms with van der Waals surface area (Å²) < 4.78 is 6.09. The molecule has 2 aromatic heterocycles. The fourth-order valence-corrected chi connectivity index (χ4v) is 3.51. The van der Waals surface area contributed by atoms with Crippen LogP contribution in [-0.2, 0) is 4.74 Å².